The number of ether oxygens (including phenoxy) is 1. The van der Waals surface area contributed by atoms with Gasteiger partial charge in [-0.15, -0.1) is 0 Å². The van der Waals surface area contributed by atoms with Gasteiger partial charge in [0.25, 0.3) is 0 Å². The second-order valence-corrected chi connectivity index (χ2v) is 10.3. The average Bonchev–Trinajstić information content (AvgIpc) is 3.45. The molecular formula is C30H32N6OS. The number of pyridine rings is 2. The van der Waals surface area contributed by atoms with E-state index in [1.165, 1.54) is 11.3 Å². The first-order valence-corrected chi connectivity index (χ1v) is 13.5. The number of hydrogen-bond acceptors (Lipinski definition) is 5. The van der Waals surface area contributed by atoms with Crippen LogP contribution in [0.25, 0.3) is 5.82 Å². The Morgan fingerprint density at radius 1 is 0.895 bits per heavy atom. The number of morpholine rings is 1. The summed E-state index contributed by atoms with van der Waals surface area (Å²) in [6.07, 6.45) is 3.70. The van der Waals surface area contributed by atoms with Crippen molar-refractivity contribution in [1.29, 1.82) is 0 Å². The van der Waals surface area contributed by atoms with E-state index in [-0.39, 0.29) is 12.1 Å². The third-order valence-corrected chi connectivity index (χ3v) is 7.90. The normalized spacial score (nSPS) is 19.6. The van der Waals surface area contributed by atoms with E-state index in [0.717, 1.165) is 60.5 Å². The number of anilines is 2. The summed E-state index contributed by atoms with van der Waals surface area (Å²) in [6.45, 7) is 9.77. The summed E-state index contributed by atoms with van der Waals surface area (Å²) in [7, 11) is 0. The van der Waals surface area contributed by atoms with E-state index in [9.17, 15) is 0 Å². The molecule has 38 heavy (non-hydrogen) atoms. The third-order valence-electron chi connectivity index (χ3n) is 7.58. The molecule has 8 heteroatoms. The Morgan fingerprint density at radius 2 is 1.63 bits per heavy atom. The van der Waals surface area contributed by atoms with Gasteiger partial charge < -0.3 is 24.4 Å². The van der Waals surface area contributed by atoms with Crippen molar-refractivity contribution < 1.29 is 4.74 Å². The molecule has 2 fully saturated rings. The molecule has 0 spiro atoms. The third kappa shape index (κ3) is 4.33. The summed E-state index contributed by atoms with van der Waals surface area (Å²) in [6, 6.07) is 21.0. The highest BCUT2D eigenvalue weighted by molar-refractivity contribution is 7.80. The standard InChI is InChI=1S/C30H32N6OS/c1-20-7-6-14-32-29(20)35-21(2)19-25(22(35)3)28-27(26-8-4-5-13-31-26)33-30(38)36(28)24-11-9-23(10-12-24)34-15-17-37-18-16-34/h4-14,19,27-28H,15-18H2,1-3H3,(H,33,38)/t27-,28-/m1/s1. The quantitative estimate of drug-likeness (QED) is 0.360. The van der Waals surface area contributed by atoms with E-state index in [1.807, 2.05) is 30.6 Å². The van der Waals surface area contributed by atoms with Gasteiger partial charge in [-0.1, -0.05) is 12.1 Å². The Morgan fingerprint density at radius 3 is 2.34 bits per heavy atom. The highest BCUT2D eigenvalue weighted by Crippen LogP contribution is 2.44. The molecule has 0 unspecified atom stereocenters. The maximum atomic E-state index is 5.97. The van der Waals surface area contributed by atoms with Crippen LogP contribution in [0.2, 0.25) is 0 Å². The van der Waals surface area contributed by atoms with Crippen LogP contribution in [-0.2, 0) is 4.74 Å². The van der Waals surface area contributed by atoms with E-state index in [4.69, 9.17) is 26.9 Å². The molecule has 1 N–H and O–H groups in total. The zero-order chi connectivity index (χ0) is 26.2. The van der Waals surface area contributed by atoms with Crippen molar-refractivity contribution in [2.45, 2.75) is 32.9 Å². The van der Waals surface area contributed by atoms with Crippen LogP contribution in [0.3, 0.4) is 0 Å². The van der Waals surface area contributed by atoms with Crippen molar-refractivity contribution in [2.75, 3.05) is 36.1 Å². The van der Waals surface area contributed by atoms with Crippen molar-refractivity contribution in [3.8, 4) is 5.82 Å². The molecule has 7 nitrogen and oxygen atoms in total. The fraction of sp³-hybridized carbons (Fsp3) is 0.300. The van der Waals surface area contributed by atoms with Gasteiger partial charge in [0.15, 0.2) is 5.11 Å². The van der Waals surface area contributed by atoms with Crippen LogP contribution in [0.4, 0.5) is 11.4 Å². The van der Waals surface area contributed by atoms with E-state index in [2.05, 4.69) is 82.9 Å². The lowest BCUT2D eigenvalue weighted by atomic mass is 9.96. The molecule has 2 aliphatic heterocycles. The van der Waals surface area contributed by atoms with Gasteiger partial charge in [0.1, 0.15) is 5.82 Å². The molecule has 3 aromatic heterocycles. The van der Waals surface area contributed by atoms with Gasteiger partial charge in [0.2, 0.25) is 0 Å². The van der Waals surface area contributed by atoms with E-state index < -0.39 is 0 Å². The lowest BCUT2D eigenvalue weighted by molar-refractivity contribution is 0.122. The Hall–Kier alpha value is -3.75. The molecule has 2 aliphatic rings. The first-order chi connectivity index (χ1) is 18.5. The molecule has 0 aliphatic carbocycles. The number of hydrogen-bond donors (Lipinski definition) is 1. The number of aryl methyl sites for hydroxylation is 2. The maximum Gasteiger partial charge on any atom is 0.174 e. The molecule has 0 bridgehead atoms. The van der Waals surface area contributed by atoms with Gasteiger partial charge in [0.05, 0.1) is 31.0 Å². The first kappa shape index (κ1) is 24.6. The molecule has 5 heterocycles. The number of nitrogens with zero attached hydrogens (tertiary/aromatic N) is 5. The SMILES string of the molecule is Cc1cccnc1-n1c(C)cc([C@@H]2[C@@H](c3ccccn3)NC(=S)N2c2ccc(N3CCOCC3)cc2)c1C. The van der Waals surface area contributed by atoms with Crippen LogP contribution in [0.15, 0.2) is 73.1 Å². The fourth-order valence-electron chi connectivity index (χ4n) is 5.72. The van der Waals surface area contributed by atoms with Crippen LogP contribution in [-0.4, -0.2) is 46.0 Å². The lowest BCUT2D eigenvalue weighted by Crippen LogP contribution is -2.36. The zero-order valence-corrected chi connectivity index (χ0v) is 22.8. The predicted octanol–water partition coefficient (Wildman–Crippen LogP) is 5.21. The van der Waals surface area contributed by atoms with Crippen LogP contribution in [0.1, 0.15) is 40.3 Å². The summed E-state index contributed by atoms with van der Waals surface area (Å²) >= 11 is 5.97. The summed E-state index contributed by atoms with van der Waals surface area (Å²) in [5, 5.41) is 4.29. The number of aromatic nitrogens is 3. The van der Waals surface area contributed by atoms with Crippen molar-refractivity contribution in [2.24, 2.45) is 0 Å². The second kappa shape index (κ2) is 10.2. The molecule has 2 saturated heterocycles. The molecule has 194 valence electrons. The van der Waals surface area contributed by atoms with Gasteiger partial charge in [0, 0.05) is 48.2 Å². The summed E-state index contributed by atoms with van der Waals surface area (Å²) in [4.78, 5) is 14.0. The van der Waals surface area contributed by atoms with Crippen LogP contribution in [0.5, 0.6) is 0 Å². The minimum Gasteiger partial charge on any atom is -0.378 e. The van der Waals surface area contributed by atoms with Crippen LogP contribution < -0.4 is 15.1 Å². The summed E-state index contributed by atoms with van der Waals surface area (Å²) in [5.74, 6) is 0.957. The summed E-state index contributed by atoms with van der Waals surface area (Å²) in [5.41, 5.74) is 7.85. The van der Waals surface area contributed by atoms with Gasteiger partial charge >= 0.3 is 0 Å². The average molecular weight is 525 g/mol. The van der Waals surface area contributed by atoms with Gasteiger partial charge in [-0.2, -0.15) is 0 Å². The molecular weight excluding hydrogens is 492 g/mol. The second-order valence-electron chi connectivity index (χ2n) is 9.92. The molecule has 0 radical (unpaired) electrons. The smallest absolute Gasteiger partial charge is 0.174 e. The van der Waals surface area contributed by atoms with Crippen molar-refractivity contribution >= 4 is 28.7 Å². The molecule has 2 atom stereocenters. The minimum atomic E-state index is -0.0959. The Kier molecular flexibility index (Phi) is 6.59. The Balaban J connectivity index is 1.44. The highest BCUT2D eigenvalue weighted by Gasteiger charge is 2.42. The topological polar surface area (TPSA) is 58.5 Å². The Bertz CT molecular complexity index is 1450. The Labute approximate surface area is 229 Å². The van der Waals surface area contributed by atoms with Crippen molar-refractivity contribution in [3.05, 3.63) is 101 Å². The number of benzene rings is 1. The van der Waals surface area contributed by atoms with Crippen molar-refractivity contribution in [3.63, 3.8) is 0 Å². The van der Waals surface area contributed by atoms with Crippen LogP contribution >= 0.6 is 12.2 Å². The predicted molar refractivity (Wildman–Crippen MR) is 155 cm³/mol. The monoisotopic (exact) mass is 524 g/mol. The van der Waals surface area contributed by atoms with E-state index in [0.29, 0.717) is 5.11 Å². The fourth-order valence-corrected chi connectivity index (χ4v) is 6.06. The van der Waals surface area contributed by atoms with Gasteiger partial charge in [-0.05, 0) is 92.6 Å². The number of rotatable bonds is 5. The first-order valence-electron chi connectivity index (χ1n) is 13.1. The van der Waals surface area contributed by atoms with Gasteiger partial charge in [-0.3, -0.25) is 4.98 Å². The molecule has 0 amide bonds. The minimum absolute atomic E-state index is 0.0735. The van der Waals surface area contributed by atoms with Crippen LogP contribution in [0, 0.1) is 20.8 Å². The molecule has 6 rings (SSSR count). The number of nitrogens with one attached hydrogen (secondary N) is 1. The zero-order valence-electron chi connectivity index (χ0n) is 22.0. The molecule has 0 saturated carbocycles. The number of thiocarbonyl (C=S) groups is 1. The highest BCUT2D eigenvalue weighted by atomic mass is 32.1. The van der Waals surface area contributed by atoms with Crippen molar-refractivity contribution in [1.82, 2.24) is 19.9 Å². The molecule has 4 aromatic rings. The lowest BCUT2D eigenvalue weighted by Gasteiger charge is -2.31. The van der Waals surface area contributed by atoms with E-state index >= 15 is 0 Å². The summed E-state index contributed by atoms with van der Waals surface area (Å²) < 4.78 is 7.78. The van der Waals surface area contributed by atoms with Gasteiger partial charge in [-0.25, -0.2) is 4.98 Å². The largest absolute Gasteiger partial charge is 0.378 e. The van der Waals surface area contributed by atoms with E-state index in [1.54, 1.807) is 0 Å². The maximum absolute atomic E-state index is 5.97. The molecule has 1 aromatic carbocycles.